The Bertz CT molecular complexity index is 972. The van der Waals surface area contributed by atoms with E-state index in [0.717, 1.165) is 11.3 Å². The second kappa shape index (κ2) is 10.3. The minimum absolute atomic E-state index is 0.0908. The first-order valence-corrected chi connectivity index (χ1v) is 10.7. The molecule has 0 spiro atoms. The van der Waals surface area contributed by atoms with E-state index in [1.165, 1.54) is 7.11 Å². The summed E-state index contributed by atoms with van der Waals surface area (Å²) in [6.45, 7) is 8.50. The number of carbonyl (C=O) groups excluding carboxylic acids is 2. The number of likely N-dealkylation sites (N-methyl/N-ethyl adjacent to an activating group) is 1. The van der Waals surface area contributed by atoms with E-state index in [4.69, 9.17) is 11.3 Å². The van der Waals surface area contributed by atoms with E-state index in [1.54, 1.807) is 24.3 Å². The van der Waals surface area contributed by atoms with Crippen LogP contribution in [0.1, 0.15) is 35.2 Å². The molecule has 7 nitrogen and oxygen atoms in total. The van der Waals surface area contributed by atoms with Crippen molar-refractivity contribution in [3.63, 3.8) is 0 Å². The summed E-state index contributed by atoms with van der Waals surface area (Å²) in [5.41, 5.74) is 2.15. The fourth-order valence-electron chi connectivity index (χ4n) is 3.98. The van der Waals surface area contributed by atoms with Gasteiger partial charge in [0.2, 0.25) is 5.91 Å². The Morgan fingerprint density at radius 1 is 1.12 bits per heavy atom. The molecule has 1 aliphatic rings. The number of anilines is 1. The fraction of sp³-hybridized carbons (Fsp3) is 0.400. The summed E-state index contributed by atoms with van der Waals surface area (Å²) in [6.07, 6.45) is 2.09. The molecule has 1 aliphatic heterocycles. The smallest absolute Gasteiger partial charge is 0.337 e. The SMILES string of the molecule is [C-]#[N+]c1ccc(CCC(=O)N2CCC(O)(CN(C)c3ccc(C(=O)OC)cc3)CC2)cc1. The molecule has 1 N–H and O–H groups in total. The maximum absolute atomic E-state index is 12.6. The number of nitrogens with zero attached hydrogens (tertiary/aromatic N) is 3. The van der Waals surface area contributed by atoms with Crippen LogP contribution in [0.25, 0.3) is 4.85 Å². The largest absolute Gasteiger partial charge is 0.465 e. The van der Waals surface area contributed by atoms with Crippen molar-refractivity contribution in [1.29, 1.82) is 0 Å². The molecule has 0 bridgehead atoms. The summed E-state index contributed by atoms with van der Waals surface area (Å²) < 4.78 is 4.72. The van der Waals surface area contributed by atoms with Crippen molar-refractivity contribution in [3.05, 3.63) is 71.1 Å². The molecule has 0 aliphatic carbocycles. The van der Waals surface area contributed by atoms with Gasteiger partial charge < -0.3 is 19.6 Å². The average Bonchev–Trinajstić information content (AvgIpc) is 2.82. The molecule has 7 heteroatoms. The lowest BCUT2D eigenvalue weighted by molar-refractivity contribution is -0.135. The maximum atomic E-state index is 12.6. The van der Waals surface area contributed by atoms with Crippen molar-refractivity contribution in [3.8, 4) is 0 Å². The van der Waals surface area contributed by atoms with E-state index >= 15 is 0 Å². The number of carbonyl (C=O) groups is 2. The average molecular weight is 436 g/mol. The van der Waals surface area contributed by atoms with Gasteiger partial charge in [-0.2, -0.15) is 0 Å². The van der Waals surface area contributed by atoms with E-state index < -0.39 is 5.60 Å². The number of ether oxygens (including phenoxy) is 1. The Labute approximate surface area is 189 Å². The minimum Gasteiger partial charge on any atom is -0.465 e. The lowest BCUT2D eigenvalue weighted by atomic mass is 9.90. The third-order valence-electron chi connectivity index (χ3n) is 6.00. The summed E-state index contributed by atoms with van der Waals surface area (Å²) in [5, 5.41) is 11.1. The summed E-state index contributed by atoms with van der Waals surface area (Å²) in [5.74, 6) is -0.289. The predicted octanol–water partition coefficient (Wildman–Crippen LogP) is 3.45. The van der Waals surface area contributed by atoms with Crippen LogP contribution in [-0.2, 0) is 16.0 Å². The number of esters is 1. The second-order valence-corrected chi connectivity index (χ2v) is 8.28. The van der Waals surface area contributed by atoms with E-state index in [1.807, 2.05) is 41.1 Å². The van der Waals surface area contributed by atoms with E-state index in [0.29, 0.717) is 56.6 Å². The van der Waals surface area contributed by atoms with Crippen molar-refractivity contribution in [2.45, 2.75) is 31.3 Å². The first kappa shape index (κ1) is 23.3. The number of amides is 1. The van der Waals surface area contributed by atoms with Crippen molar-refractivity contribution in [2.75, 3.05) is 38.7 Å². The standard InChI is InChI=1S/C25H29N3O4/c1-26-21-9-4-19(5-10-21)6-13-23(29)28-16-14-25(31,15-17-28)18-27(2)22-11-7-20(8-12-22)24(30)32-3/h4-5,7-12,31H,6,13-18H2,2-3H3. The number of methoxy groups -OCH3 is 1. The molecule has 0 aromatic heterocycles. The molecule has 0 atom stereocenters. The monoisotopic (exact) mass is 435 g/mol. The highest BCUT2D eigenvalue weighted by atomic mass is 16.5. The van der Waals surface area contributed by atoms with Gasteiger partial charge in [-0.05, 0) is 43.5 Å². The first-order chi connectivity index (χ1) is 15.3. The van der Waals surface area contributed by atoms with Crippen LogP contribution in [0.3, 0.4) is 0 Å². The van der Waals surface area contributed by atoms with Crippen molar-refractivity contribution < 1.29 is 19.4 Å². The fourth-order valence-corrected chi connectivity index (χ4v) is 3.98. The number of hydrogen-bond acceptors (Lipinski definition) is 5. The van der Waals surface area contributed by atoms with E-state index in [9.17, 15) is 14.7 Å². The molecule has 32 heavy (non-hydrogen) atoms. The van der Waals surface area contributed by atoms with Gasteiger partial charge in [0.1, 0.15) is 0 Å². The highest BCUT2D eigenvalue weighted by Crippen LogP contribution is 2.26. The second-order valence-electron chi connectivity index (χ2n) is 8.28. The first-order valence-electron chi connectivity index (χ1n) is 10.7. The number of hydrogen-bond donors (Lipinski definition) is 1. The third-order valence-corrected chi connectivity index (χ3v) is 6.00. The number of aliphatic hydroxyl groups is 1. The third kappa shape index (κ3) is 5.86. The number of benzene rings is 2. The van der Waals surface area contributed by atoms with Crippen molar-refractivity contribution in [1.82, 2.24) is 4.90 Å². The van der Waals surface area contributed by atoms with Crippen molar-refractivity contribution in [2.24, 2.45) is 0 Å². The zero-order chi connectivity index (χ0) is 23.1. The Kier molecular flexibility index (Phi) is 7.49. The summed E-state index contributed by atoms with van der Waals surface area (Å²) in [4.78, 5) is 31.4. The van der Waals surface area contributed by atoms with Crippen molar-refractivity contribution >= 4 is 23.3 Å². The van der Waals surface area contributed by atoms with Crippen LogP contribution in [0.15, 0.2) is 48.5 Å². The normalized spacial score (nSPS) is 15.0. The van der Waals surface area contributed by atoms with Gasteiger partial charge >= 0.3 is 5.97 Å². The number of rotatable bonds is 7. The molecule has 1 fully saturated rings. The molecule has 3 rings (SSSR count). The Morgan fingerprint density at radius 2 is 1.75 bits per heavy atom. The van der Waals surface area contributed by atoms with Crippen LogP contribution in [0.4, 0.5) is 11.4 Å². The number of likely N-dealkylation sites (tertiary alicyclic amines) is 1. The molecule has 2 aromatic rings. The summed E-state index contributed by atoms with van der Waals surface area (Å²) in [6, 6.07) is 14.4. The predicted molar refractivity (Wildman–Crippen MR) is 123 cm³/mol. The quantitative estimate of drug-likeness (QED) is 0.533. The molecule has 168 valence electrons. The maximum Gasteiger partial charge on any atom is 0.337 e. The van der Waals surface area contributed by atoms with Gasteiger partial charge in [-0.1, -0.05) is 29.8 Å². The van der Waals surface area contributed by atoms with Crippen LogP contribution in [-0.4, -0.2) is 61.3 Å². The Balaban J connectivity index is 1.48. The Morgan fingerprint density at radius 3 is 2.31 bits per heavy atom. The Hall–Kier alpha value is -3.37. The molecule has 0 unspecified atom stereocenters. The van der Waals surface area contributed by atoms with Gasteiger partial charge in [0.25, 0.3) is 0 Å². The van der Waals surface area contributed by atoms with Crippen LogP contribution in [0.5, 0.6) is 0 Å². The summed E-state index contributed by atoms with van der Waals surface area (Å²) >= 11 is 0. The molecule has 1 amide bonds. The molecule has 1 saturated heterocycles. The van der Waals surface area contributed by atoms with Gasteiger partial charge in [0, 0.05) is 38.8 Å². The topological polar surface area (TPSA) is 74.4 Å². The molecular weight excluding hydrogens is 406 g/mol. The molecule has 0 saturated carbocycles. The van der Waals surface area contributed by atoms with Gasteiger partial charge in [-0.25, -0.2) is 9.64 Å². The van der Waals surface area contributed by atoms with Gasteiger partial charge in [0.15, 0.2) is 5.69 Å². The van der Waals surface area contributed by atoms with E-state index in [-0.39, 0.29) is 11.9 Å². The summed E-state index contributed by atoms with van der Waals surface area (Å²) in [7, 11) is 3.25. The number of aryl methyl sites for hydroxylation is 1. The molecule has 1 heterocycles. The lowest BCUT2D eigenvalue weighted by Gasteiger charge is -2.40. The highest BCUT2D eigenvalue weighted by molar-refractivity contribution is 5.89. The van der Waals surface area contributed by atoms with E-state index in [2.05, 4.69) is 4.85 Å². The van der Waals surface area contributed by atoms with Crippen LogP contribution in [0.2, 0.25) is 0 Å². The van der Waals surface area contributed by atoms with Gasteiger partial charge in [-0.15, -0.1) is 0 Å². The molecular formula is C25H29N3O4. The van der Waals surface area contributed by atoms with Gasteiger partial charge in [0.05, 0.1) is 24.8 Å². The van der Waals surface area contributed by atoms with Crippen LogP contribution < -0.4 is 4.90 Å². The zero-order valence-corrected chi connectivity index (χ0v) is 18.6. The highest BCUT2D eigenvalue weighted by Gasteiger charge is 2.34. The van der Waals surface area contributed by atoms with Gasteiger partial charge in [-0.3, -0.25) is 4.79 Å². The van der Waals surface area contributed by atoms with Crippen LogP contribution in [0, 0.1) is 6.57 Å². The lowest BCUT2D eigenvalue weighted by Crippen LogP contribution is -2.51. The number of piperidine rings is 1. The zero-order valence-electron chi connectivity index (χ0n) is 18.6. The minimum atomic E-state index is -0.873. The molecule has 0 radical (unpaired) electrons. The van der Waals surface area contributed by atoms with Crippen LogP contribution >= 0.6 is 0 Å². The molecule has 2 aromatic carbocycles.